The van der Waals surface area contributed by atoms with E-state index in [0.717, 1.165) is 0 Å². The Kier molecular flexibility index (Phi) is 13.0. The Morgan fingerprint density at radius 2 is 1.52 bits per heavy atom. The molecule has 29 heavy (non-hydrogen) atoms. The third-order valence-corrected chi connectivity index (χ3v) is 4.65. The second kappa shape index (κ2) is 14.0. The number of primary amides is 1. The zero-order valence-corrected chi connectivity index (χ0v) is 17.5. The summed E-state index contributed by atoms with van der Waals surface area (Å²) in [5.74, 6) is -4.42. The first-order chi connectivity index (χ1) is 13.6. The summed E-state index contributed by atoms with van der Waals surface area (Å²) in [5.41, 5.74) is 10.6. The average Bonchev–Trinajstić information content (AvgIpc) is 2.66. The maximum atomic E-state index is 12.4. The van der Waals surface area contributed by atoms with Crippen LogP contribution in [0.4, 0.5) is 0 Å². The lowest BCUT2D eigenvalue weighted by Crippen LogP contribution is -2.58. The molecule has 0 spiro atoms. The minimum absolute atomic E-state index is 0.0228. The van der Waals surface area contributed by atoms with Crippen LogP contribution in [0.3, 0.4) is 0 Å². The standard InChI is InChI=1S/C15H27N5O7S2/c1-29-3-2-8(15(26)27)18-14(25)10(5-21)20-13(24)9(4-11(17)22)19-12(23)7(16)6-28/h7-10,21,28H,2-6,16H2,1H3,(H2,17,22)(H,18,25)(H,19,23)(H,20,24)(H,26,27). The molecule has 0 aromatic rings. The molecule has 0 aromatic carbocycles. The molecule has 0 aliphatic carbocycles. The van der Waals surface area contributed by atoms with Gasteiger partial charge in [-0.15, -0.1) is 0 Å². The maximum Gasteiger partial charge on any atom is 0.326 e. The molecule has 0 saturated heterocycles. The molecule has 12 nitrogen and oxygen atoms in total. The number of carbonyl (C=O) groups excluding carboxylic acids is 4. The summed E-state index contributed by atoms with van der Waals surface area (Å²) in [7, 11) is 0. The SMILES string of the molecule is CSCCC(NC(=O)C(CO)NC(=O)C(CC(N)=O)NC(=O)C(N)CS)C(=O)O. The van der Waals surface area contributed by atoms with Crippen LogP contribution in [0, 0.1) is 0 Å². The Bertz CT molecular complexity index is 608. The summed E-state index contributed by atoms with van der Waals surface area (Å²) in [6, 6.07) is -5.22. The predicted octanol–water partition coefficient (Wildman–Crippen LogP) is -3.60. The van der Waals surface area contributed by atoms with Gasteiger partial charge in [-0.25, -0.2) is 4.79 Å². The van der Waals surface area contributed by atoms with E-state index in [1.54, 1.807) is 6.26 Å². The van der Waals surface area contributed by atoms with Gasteiger partial charge in [0.25, 0.3) is 0 Å². The van der Waals surface area contributed by atoms with E-state index in [-0.39, 0.29) is 12.2 Å². The van der Waals surface area contributed by atoms with Crippen molar-refractivity contribution in [2.45, 2.75) is 37.0 Å². The minimum atomic E-state index is -1.51. The van der Waals surface area contributed by atoms with Gasteiger partial charge in [0.1, 0.15) is 18.1 Å². The zero-order chi connectivity index (χ0) is 22.6. The van der Waals surface area contributed by atoms with Crippen LogP contribution >= 0.6 is 24.4 Å². The first-order valence-corrected chi connectivity index (χ1v) is 10.5. The molecule has 0 saturated carbocycles. The largest absolute Gasteiger partial charge is 0.480 e. The fraction of sp³-hybridized carbons (Fsp3) is 0.667. The molecule has 4 unspecified atom stereocenters. The highest BCUT2D eigenvalue weighted by molar-refractivity contribution is 7.98. The number of carboxylic acids is 1. The van der Waals surface area contributed by atoms with Gasteiger partial charge in [0.2, 0.25) is 23.6 Å². The van der Waals surface area contributed by atoms with Crippen LogP contribution in [0.2, 0.25) is 0 Å². The van der Waals surface area contributed by atoms with Crippen LogP contribution in [-0.2, 0) is 24.0 Å². The number of nitrogens with one attached hydrogen (secondary N) is 3. The summed E-state index contributed by atoms with van der Waals surface area (Å²) in [6.45, 7) is -0.847. The summed E-state index contributed by atoms with van der Waals surface area (Å²) >= 11 is 5.24. The van der Waals surface area contributed by atoms with E-state index in [1.807, 2.05) is 0 Å². The van der Waals surface area contributed by atoms with E-state index >= 15 is 0 Å². The van der Waals surface area contributed by atoms with Crippen LogP contribution in [0.15, 0.2) is 0 Å². The summed E-state index contributed by atoms with van der Waals surface area (Å²) in [6.07, 6.45) is 1.32. The second-order valence-electron chi connectivity index (χ2n) is 5.95. The molecule has 4 atom stereocenters. The van der Waals surface area contributed by atoms with Gasteiger partial charge >= 0.3 is 5.97 Å². The van der Waals surface area contributed by atoms with Gasteiger partial charge in [0.15, 0.2) is 0 Å². The lowest BCUT2D eigenvalue weighted by Gasteiger charge is -2.23. The first-order valence-electron chi connectivity index (χ1n) is 8.45. The monoisotopic (exact) mass is 453 g/mol. The van der Waals surface area contributed by atoms with Crippen molar-refractivity contribution in [3.63, 3.8) is 0 Å². The number of rotatable bonds is 14. The number of carboxylic acid groups (broad SMARTS) is 1. The van der Waals surface area contributed by atoms with Crippen molar-refractivity contribution in [2.75, 3.05) is 24.4 Å². The number of aliphatic carboxylic acids is 1. The van der Waals surface area contributed by atoms with Crippen molar-refractivity contribution in [3.8, 4) is 0 Å². The number of aliphatic hydroxyl groups is 1. The lowest BCUT2D eigenvalue weighted by atomic mass is 10.1. The number of hydrogen-bond donors (Lipinski definition) is 8. The van der Waals surface area contributed by atoms with Crippen molar-refractivity contribution in [3.05, 3.63) is 0 Å². The molecule has 0 aliphatic heterocycles. The number of thiol groups is 1. The second-order valence-corrected chi connectivity index (χ2v) is 7.30. The number of thioether (sulfide) groups is 1. The van der Waals surface area contributed by atoms with Gasteiger partial charge in [0, 0.05) is 5.75 Å². The first kappa shape index (κ1) is 27.0. The summed E-state index contributed by atoms with van der Waals surface area (Å²) < 4.78 is 0. The van der Waals surface area contributed by atoms with Crippen molar-refractivity contribution >= 4 is 54.0 Å². The fourth-order valence-electron chi connectivity index (χ4n) is 2.00. The van der Waals surface area contributed by atoms with Gasteiger partial charge in [-0.2, -0.15) is 24.4 Å². The molecule has 0 rings (SSSR count). The predicted molar refractivity (Wildman–Crippen MR) is 109 cm³/mol. The Morgan fingerprint density at radius 3 is 1.97 bits per heavy atom. The Hall–Kier alpha value is -2.03. The average molecular weight is 454 g/mol. The van der Waals surface area contributed by atoms with Gasteiger partial charge < -0.3 is 37.6 Å². The Labute approximate surface area is 177 Å². The maximum absolute atomic E-state index is 12.4. The van der Waals surface area contributed by atoms with E-state index in [0.29, 0.717) is 5.75 Å². The molecule has 0 fully saturated rings. The molecule has 0 bridgehead atoms. The van der Waals surface area contributed by atoms with Crippen molar-refractivity contribution in [1.29, 1.82) is 0 Å². The minimum Gasteiger partial charge on any atom is -0.480 e. The molecule has 14 heteroatoms. The van der Waals surface area contributed by atoms with Crippen molar-refractivity contribution in [2.24, 2.45) is 11.5 Å². The number of carbonyl (C=O) groups is 5. The molecule has 166 valence electrons. The normalized spacial score (nSPS) is 14.8. The number of hydrogen-bond acceptors (Lipinski definition) is 9. The summed E-state index contributed by atoms with van der Waals surface area (Å²) in [5, 5.41) is 25.2. The highest BCUT2D eigenvalue weighted by Gasteiger charge is 2.30. The van der Waals surface area contributed by atoms with Gasteiger partial charge in [0.05, 0.1) is 19.1 Å². The van der Waals surface area contributed by atoms with E-state index in [1.165, 1.54) is 11.8 Å². The van der Waals surface area contributed by atoms with Crippen molar-refractivity contribution in [1.82, 2.24) is 16.0 Å². The quantitative estimate of drug-likeness (QED) is 0.122. The molecule has 0 aromatic heterocycles. The molecule has 9 N–H and O–H groups in total. The molecule has 4 amide bonds. The summed E-state index contributed by atoms with van der Waals surface area (Å²) in [4.78, 5) is 58.9. The number of nitrogens with two attached hydrogens (primary N) is 2. The third kappa shape index (κ3) is 10.3. The van der Waals surface area contributed by atoms with Gasteiger partial charge in [-0.05, 0) is 18.4 Å². The number of aliphatic hydroxyl groups excluding tert-OH is 1. The topological polar surface area (TPSA) is 214 Å². The molecule has 0 aliphatic rings. The Balaban J connectivity index is 5.16. The number of amides is 4. The van der Waals surface area contributed by atoms with Crippen LogP contribution in [0.1, 0.15) is 12.8 Å². The van der Waals surface area contributed by atoms with E-state index < -0.39 is 66.8 Å². The zero-order valence-electron chi connectivity index (χ0n) is 15.8. The highest BCUT2D eigenvalue weighted by atomic mass is 32.2. The van der Waals surface area contributed by atoms with Crippen LogP contribution in [-0.4, -0.2) is 88.3 Å². The fourth-order valence-corrected chi connectivity index (χ4v) is 2.64. The Morgan fingerprint density at radius 1 is 1.00 bits per heavy atom. The molecule has 0 heterocycles. The van der Waals surface area contributed by atoms with Crippen molar-refractivity contribution < 1.29 is 34.2 Å². The molecular weight excluding hydrogens is 426 g/mol. The van der Waals surface area contributed by atoms with E-state index in [9.17, 15) is 29.1 Å². The lowest BCUT2D eigenvalue weighted by molar-refractivity contribution is -0.142. The van der Waals surface area contributed by atoms with Gasteiger partial charge in [-0.1, -0.05) is 0 Å². The van der Waals surface area contributed by atoms with Crippen LogP contribution in [0.5, 0.6) is 0 Å². The molecular formula is C15H27N5O7S2. The van der Waals surface area contributed by atoms with E-state index in [2.05, 4.69) is 28.6 Å². The van der Waals surface area contributed by atoms with Gasteiger partial charge in [-0.3, -0.25) is 19.2 Å². The van der Waals surface area contributed by atoms with Crippen LogP contribution < -0.4 is 27.4 Å². The van der Waals surface area contributed by atoms with E-state index in [4.69, 9.17) is 16.6 Å². The van der Waals surface area contributed by atoms with Crippen LogP contribution in [0.25, 0.3) is 0 Å². The molecule has 0 radical (unpaired) electrons. The third-order valence-electron chi connectivity index (χ3n) is 3.61. The highest BCUT2D eigenvalue weighted by Crippen LogP contribution is 2.02. The smallest absolute Gasteiger partial charge is 0.326 e.